The SMILES string of the molecule is O=C(O)Oc1cccc(CCCCCCCCCCCCCBr)c1O. The number of aryl methyl sites for hydroxylation is 1. The van der Waals surface area contributed by atoms with Gasteiger partial charge in [-0.2, -0.15) is 0 Å². The number of phenols is 1. The summed E-state index contributed by atoms with van der Waals surface area (Å²) in [5.41, 5.74) is 0.752. The van der Waals surface area contributed by atoms with Crippen LogP contribution in [0.5, 0.6) is 11.5 Å². The Morgan fingerprint density at radius 2 is 1.40 bits per heavy atom. The molecule has 0 radical (unpaired) electrons. The molecule has 0 heterocycles. The highest BCUT2D eigenvalue weighted by atomic mass is 79.9. The fraction of sp³-hybridized carbons (Fsp3) is 0.650. The minimum atomic E-state index is -1.41. The van der Waals surface area contributed by atoms with Gasteiger partial charge in [-0.3, -0.25) is 0 Å². The van der Waals surface area contributed by atoms with Gasteiger partial charge in [0, 0.05) is 5.33 Å². The number of carboxylic acid groups (broad SMARTS) is 1. The van der Waals surface area contributed by atoms with Crippen LogP contribution in [0.3, 0.4) is 0 Å². The third-order valence-electron chi connectivity index (χ3n) is 4.36. The second-order valence-corrected chi connectivity index (χ2v) is 7.25. The molecule has 1 aromatic rings. The number of carbonyl (C=O) groups is 1. The van der Waals surface area contributed by atoms with E-state index in [1.165, 1.54) is 63.9 Å². The first-order valence-electron chi connectivity index (χ1n) is 9.42. The Balaban J connectivity index is 2.06. The second kappa shape index (κ2) is 14.0. The van der Waals surface area contributed by atoms with Crippen molar-refractivity contribution in [1.29, 1.82) is 0 Å². The van der Waals surface area contributed by atoms with Crippen molar-refractivity contribution in [2.75, 3.05) is 5.33 Å². The van der Waals surface area contributed by atoms with Crippen molar-refractivity contribution in [1.82, 2.24) is 0 Å². The van der Waals surface area contributed by atoms with Crippen LogP contribution in [0, 0.1) is 0 Å². The maximum absolute atomic E-state index is 10.6. The van der Waals surface area contributed by atoms with Crippen LogP contribution in [0.1, 0.15) is 76.2 Å². The van der Waals surface area contributed by atoms with Gasteiger partial charge in [0.15, 0.2) is 11.5 Å². The Morgan fingerprint density at radius 3 is 1.92 bits per heavy atom. The molecule has 0 saturated carbocycles. The zero-order valence-corrected chi connectivity index (χ0v) is 16.6. The monoisotopic (exact) mass is 414 g/mol. The lowest BCUT2D eigenvalue weighted by atomic mass is 10.0. The number of hydrogen-bond acceptors (Lipinski definition) is 3. The molecular formula is C20H31BrO4. The average Bonchev–Trinajstić information content (AvgIpc) is 2.58. The van der Waals surface area contributed by atoms with Gasteiger partial charge >= 0.3 is 6.16 Å². The van der Waals surface area contributed by atoms with E-state index >= 15 is 0 Å². The van der Waals surface area contributed by atoms with Crippen molar-refractivity contribution in [3.05, 3.63) is 23.8 Å². The quantitative estimate of drug-likeness (QED) is 0.154. The van der Waals surface area contributed by atoms with Gasteiger partial charge in [0.05, 0.1) is 0 Å². The third-order valence-corrected chi connectivity index (χ3v) is 4.92. The van der Waals surface area contributed by atoms with E-state index in [2.05, 4.69) is 20.7 Å². The van der Waals surface area contributed by atoms with E-state index in [0.29, 0.717) is 0 Å². The number of unbranched alkanes of at least 4 members (excludes halogenated alkanes) is 10. The maximum atomic E-state index is 10.6. The summed E-state index contributed by atoms with van der Waals surface area (Å²) in [5.74, 6) is -0.0362. The number of ether oxygens (including phenoxy) is 1. The predicted octanol–water partition coefficient (Wildman–Crippen LogP) is 6.68. The lowest BCUT2D eigenvalue weighted by Crippen LogP contribution is -2.03. The van der Waals surface area contributed by atoms with E-state index in [1.807, 2.05) is 6.07 Å². The first-order chi connectivity index (χ1) is 12.1. The second-order valence-electron chi connectivity index (χ2n) is 6.46. The van der Waals surface area contributed by atoms with Crippen LogP contribution in [-0.2, 0) is 6.42 Å². The molecule has 5 heteroatoms. The van der Waals surface area contributed by atoms with E-state index in [9.17, 15) is 9.90 Å². The molecule has 0 bridgehead atoms. The molecular weight excluding hydrogens is 384 g/mol. The topological polar surface area (TPSA) is 66.8 Å². The molecule has 0 amide bonds. The fourth-order valence-corrected chi connectivity index (χ4v) is 3.34. The maximum Gasteiger partial charge on any atom is 0.511 e. The molecule has 142 valence electrons. The van der Waals surface area contributed by atoms with E-state index in [1.54, 1.807) is 6.07 Å². The number of hydrogen-bond donors (Lipinski definition) is 2. The Morgan fingerprint density at radius 1 is 0.880 bits per heavy atom. The summed E-state index contributed by atoms with van der Waals surface area (Å²) >= 11 is 3.46. The van der Waals surface area contributed by atoms with Crippen LogP contribution < -0.4 is 4.74 Å². The van der Waals surface area contributed by atoms with Gasteiger partial charge in [-0.25, -0.2) is 4.79 Å². The van der Waals surface area contributed by atoms with Crippen LogP contribution in [0.4, 0.5) is 4.79 Å². The molecule has 0 aliphatic heterocycles. The van der Waals surface area contributed by atoms with E-state index < -0.39 is 6.16 Å². The summed E-state index contributed by atoms with van der Waals surface area (Å²) in [6.07, 6.45) is 13.3. The number of halogens is 1. The summed E-state index contributed by atoms with van der Waals surface area (Å²) in [4.78, 5) is 10.6. The number of para-hydroxylation sites is 1. The lowest BCUT2D eigenvalue weighted by Gasteiger charge is -2.08. The van der Waals surface area contributed by atoms with E-state index in [0.717, 1.165) is 30.2 Å². The van der Waals surface area contributed by atoms with Gasteiger partial charge < -0.3 is 14.9 Å². The van der Waals surface area contributed by atoms with Crippen molar-refractivity contribution in [3.8, 4) is 11.5 Å². The van der Waals surface area contributed by atoms with Crippen LogP contribution in [-0.4, -0.2) is 21.7 Å². The molecule has 0 aliphatic carbocycles. The van der Waals surface area contributed by atoms with Crippen molar-refractivity contribution >= 4 is 22.1 Å². The lowest BCUT2D eigenvalue weighted by molar-refractivity contribution is 0.143. The molecule has 1 aromatic carbocycles. The minimum absolute atomic E-state index is 0.0149. The summed E-state index contributed by atoms with van der Waals surface area (Å²) in [6, 6.07) is 5.00. The smallest absolute Gasteiger partial charge is 0.504 e. The van der Waals surface area contributed by atoms with Gasteiger partial charge in [-0.05, 0) is 30.9 Å². The highest BCUT2D eigenvalue weighted by molar-refractivity contribution is 9.09. The average molecular weight is 415 g/mol. The first kappa shape index (κ1) is 21.8. The van der Waals surface area contributed by atoms with Crippen molar-refractivity contribution in [2.45, 2.75) is 77.0 Å². The van der Waals surface area contributed by atoms with Gasteiger partial charge in [-0.15, -0.1) is 0 Å². The molecule has 1 rings (SSSR count). The number of phenolic OH excluding ortho intramolecular Hbond substituents is 1. The highest BCUT2D eigenvalue weighted by Crippen LogP contribution is 2.31. The summed E-state index contributed by atoms with van der Waals surface area (Å²) in [6.45, 7) is 0. The third kappa shape index (κ3) is 10.4. The van der Waals surface area contributed by atoms with Crippen LogP contribution in [0.15, 0.2) is 18.2 Å². The largest absolute Gasteiger partial charge is 0.511 e. The Kier molecular flexibility index (Phi) is 12.2. The van der Waals surface area contributed by atoms with Crippen molar-refractivity contribution < 1.29 is 19.7 Å². The van der Waals surface area contributed by atoms with Crippen molar-refractivity contribution in [3.63, 3.8) is 0 Å². The number of aromatic hydroxyl groups is 1. The predicted molar refractivity (Wildman–Crippen MR) is 105 cm³/mol. The molecule has 0 aliphatic rings. The molecule has 2 N–H and O–H groups in total. The van der Waals surface area contributed by atoms with Crippen LogP contribution >= 0.6 is 15.9 Å². The van der Waals surface area contributed by atoms with Gasteiger partial charge in [0.1, 0.15) is 0 Å². The molecule has 0 saturated heterocycles. The zero-order valence-electron chi connectivity index (χ0n) is 15.0. The Bertz CT molecular complexity index is 491. The molecule has 0 aromatic heterocycles. The standard InChI is InChI=1S/C20H31BrO4/c21-16-11-9-7-5-3-1-2-4-6-8-10-13-17-14-12-15-18(19(17)22)25-20(23)24/h12,14-15,22H,1-11,13,16H2,(H,23,24). The summed E-state index contributed by atoms with van der Waals surface area (Å²) < 4.78 is 4.56. The summed E-state index contributed by atoms with van der Waals surface area (Å²) in [7, 11) is 0. The number of alkyl halides is 1. The molecule has 0 fully saturated rings. The zero-order chi connectivity index (χ0) is 18.3. The van der Waals surface area contributed by atoms with E-state index in [-0.39, 0.29) is 11.5 Å². The molecule has 0 spiro atoms. The van der Waals surface area contributed by atoms with Crippen molar-refractivity contribution in [2.24, 2.45) is 0 Å². The first-order valence-corrected chi connectivity index (χ1v) is 10.5. The van der Waals surface area contributed by atoms with Gasteiger partial charge in [0.25, 0.3) is 0 Å². The van der Waals surface area contributed by atoms with Gasteiger partial charge in [-0.1, -0.05) is 85.9 Å². The fourth-order valence-electron chi connectivity index (χ4n) is 2.95. The number of rotatable bonds is 14. The molecule has 4 nitrogen and oxygen atoms in total. The Labute approximate surface area is 159 Å². The number of benzene rings is 1. The van der Waals surface area contributed by atoms with Crippen LogP contribution in [0.2, 0.25) is 0 Å². The van der Waals surface area contributed by atoms with Gasteiger partial charge in [0.2, 0.25) is 0 Å². The normalized spacial score (nSPS) is 10.8. The molecule has 0 unspecified atom stereocenters. The Hall–Kier alpha value is -1.23. The van der Waals surface area contributed by atoms with E-state index in [4.69, 9.17) is 5.11 Å². The highest BCUT2D eigenvalue weighted by Gasteiger charge is 2.10. The molecule has 0 atom stereocenters. The minimum Gasteiger partial charge on any atom is -0.504 e. The molecule has 25 heavy (non-hydrogen) atoms. The van der Waals surface area contributed by atoms with Crippen LogP contribution in [0.25, 0.3) is 0 Å². The summed E-state index contributed by atoms with van der Waals surface area (Å²) in [5, 5.41) is 19.8.